The lowest BCUT2D eigenvalue weighted by molar-refractivity contribution is -0.139. The Morgan fingerprint density at radius 2 is 2.11 bits per heavy atom. The van der Waals surface area contributed by atoms with E-state index in [2.05, 4.69) is 4.98 Å². The molecule has 2 aromatic rings. The van der Waals surface area contributed by atoms with E-state index < -0.39 is 11.9 Å². The van der Waals surface area contributed by atoms with Gasteiger partial charge in [0.1, 0.15) is 11.7 Å². The van der Waals surface area contributed by atoms with E-state index in [1.165, 1.54) is 0 Å². The predicted molar refractivity (Wildman–Crippen MR) is 67.3 cm³/mol. The van der Waals surface area contributed by atoms with Crippen LogP contribution in [0.25, 0.3) is 11.3 Å². The molecule has 0 saturated heterocycles. The van der Waals surface area contributed by atoms with Crippen molar-refractivity contribution >= 4 is 5.97 Å². The van der Waals surface area contributed by atoms with E-state index in [-0.39, 0.29) is 0 Å². The fraction of sp³-hybridized carbons (Fsp3) is 0.286. The molecule has 1 N–H and O–H groups in total. The van der Waals surface area contributed by atoms with Crippen LogP contribution in [0.5, 0.6) is 0 Å². The molecule has 2 heterocycles. The first-order chi connectivity index (χ1) is 8.75. The first kappa shape index (κ1) is 11.0. The second-order valence-corrected chi connectivity index (χ2v) is 4.58. The second-order valence-electron chi connectivity index (χ2n) is 4.58. The van der Waals surface area contributed by atoms with Crippen LogP contribution in [-0.2, 0) is 11.3 Å². The summed E-state index contributed by atoms with van der Waals surface area (Å²) in [6.07, 6.45) is 3.54. The van der Waals surface area contributed by atoms with Gasteiger partial charge in [-0.15, -0.1) is 0 Å². The molecule has 1 atom stereocenters. The molecule has 0 saturated carbocycles. The number of aliphatic carboxylic acids is 1. The number of aromatic nitrogens is 2. The van der Waals surface area contributed by atoms with Crippen molar-refractivity contribution in [3.05, 3.63) is 42.4 Å². The molecule has 4 nitrogen and oxygen atoms in total. The van der Waals surface area contributed by atoms with Crippen LogP contribution in [-0.4, -0.2) is 20.6 Å². The summed E-state index contributed by atoms with van der Waals surface area (Å²) in [5.41, 5.74) is 1.89. The molecule has 4 heteroatoms. The van der Waals surface area contributed by atoms with Crippen LogP contribution in [0.4, 0.5) is 0 Å². The SMILES string of the molecule is O=C(O)[C@H]1CCCn2cc(-c3ccccc3)nc21. The third-order valence-corrected chi connectivity index (χ3v) is 3.38. The molecule has 18 heavy (non-hydrogen) atoms. The molecule has 0 fully saturated rings. The predicted octanol–water partition coefficient (Wildman–Crippen LogP) is 2.51. The molecule has 1 aliphatic heterocycles. The minimum absolute atomic E-state index is 0.462. The zero-order valence-electron chi connectivity index (χ0n) is 9.91. The van der Waals surface area contributed by atoms with Crippen molar-refractivity contribution in [1.29, 1.82) is 0 Å². The van der Waals surface area contributed by atoms with Gasteiger partial charge < -0.3 is 9.67 Å². The van der Waals surface area contributed by atoms with Crippen molar-refractivity contribution in [3.8, 4) is 11.3 Å². The van der Waals surface area contributed by atoms with Crippen molar-refractivity contribution in [2.24, 2.45) is 0 Å². The van der Waals surface area contributed by atoms with E-state index in [1.807, 2.05) is 41.1 Å². The maximum absolute atomic E-state index is 11.2. The topological polar surface area (TPSA) is 55.1 Å². The Kier molecular flexibility index (Phi) is 2.63. The maximum atomic E-state index is 11.2. The van der Waals surface area contributed by atoms with E-state index in [0.717, 1.165) is 24.2 Å². The lowest BCUT2D eigenvalue weighted by Crippen LogP contribution is -2.21. The van der Waals surface area contributed by atoms with E-state index >= 15 is 0 Å². The molecule has 3 rings (SSSR count). The number of hydrogen-bond acceptors (Lipinski definition) is 2. The Hall–Kier alpha value is -2.10. The first-order valence-corrected chi connectivity index (χ1v) is 6.11. The van der Waals surface area contributed by atoms with Crippen LogP contribution >= 0.6 is 0 Å². The molecule has 0 bridgehead atoms. The summed E-state index contributed by atoms with van der Waals surface area (Å²) in [6, 6.07) is 9.86. The first-order valence-electron chi connectivity index (χ1n) is 6.11. The number of carbonyl (C=O) groups is 1. The highest BCUT2D eigenvalue weighted by Gasteiger charge is 2.28. The van der Waals surface area contributed by atoms with E-state index in [4.69, 9.17) is 0 Å². The van der Waals surface area contributed by atoms with Crippen LogP contribution in [0.2, 0.25) is 0 Å². The Bertz CT molecular complexity index is 575. The van der Waals surface area contributed by atoms with Gasteiger partial charge in [-0.1, -0.05) is 30.3 Å². The summed E-state index contributed by atoms with van der Waals surface area (Å²) in [4.78, 5) is 15.7. The lowest BCUT2D eigenvalue weighted by Gasteiger charge is -2.19. The number of benzene rings is 1. The van der Waals surface area contributed by atoms with Crippen molar-refractivity contribution < 1.29 is 9.90 Å². The number of carboxylic acid groups (broad SMARTS) is 1. The Morgan fingerprint density at radius 1 is 1.33 bits per heavy atom. The smallest absolute Gasteiger partial charge is 0.314 e. The molecular weight excluding hydrogens is 228 g/mol. The quantitative estimate of drug-likeness (QED) is 0.880. The molecule has 1 aromatic carbocycles. The van der Waals surface area contributed by atoms with Crippen LogP contribution in [0.3, 0.4) is 0 Å². The third-order valence-electron chi connectivity index (χ3n) is 3.38. The minimum Gasteiger partial charge on any atom is -0.481 e. The molecule has 0 spiro atoms. The Morgan fingerprint density at radius 3 is 2.83 bits per heavy atom. The molecule has 0 amide bonds. The van der Waals surface area contributed by atoms with Crippen molar-refractivity contribution in [1.82, 2.24) is 9.55 Å². The average molecular weight is 242 g/mol. The largest absolute Gasteiger partial charge is 0.481 e. The van der Waals surface area contributed by atoms with E-state index in [9.17, 15) is 9.90 Å². The minimum atomic E-state index is -0.777. The number of aryl methyl sites for hydroxylation is 1. The number of imidazole rings is 1. The standard InChI is InChI=1S/C14H14N2O2/c17-14(18)11-7-4-8-16-9-12(15-13(11)16)10-5-2-1-3-6-10/h1-3,5-6,9,11H,4,7-8H2,(H,17,18)/t11-/m0/s1. The monoisotopic (exact) mass is 242 g/mol. The zero-order chi connectivity index (χ0) is 12.5. The third kappa shape index (κ3) is 1.79. The highest BCUT2D eigenvalue weighted by atomic mass is 16.4. The van der Waals surface area contributed by atoms with Crippen LogP contribution < -0.4 is 0 Å². The van der Waals surface area contributed by atoms with Gasteiger partial charge >= 0.3 is 5.97 Å². The van der Waals surface area contributed by atoms with Crippen LogP contribution in [0.15, 0.2) is 36.5 Å². The van der Waals surface area contributed by atoms with Gasteiger partial charge in [-0.2, -0.15) is 0 Å². The van der Waals surface area contributed by atoms with Gasteiger partial charge in [-0.05, 0) is 12.8 Å². The number of nitrogens with zero attached hydrogens (tertiary/aromatic N) is 2. The van der Waals surface area contributed by atoms with Crippen LogP contribution in [0, 0.1) is 0 Å². The maximum Gasteiger partial charge on any atom is 0.314 e. The molecule has 0 aliphatic carbocycles. The van der Waals surface area contributed by atoms with E-state index in [0.29, 0.717) is 12.2 Å². The summed E-state index contributed by atoms with van der Waals surface area (Å²) in [5.74, 6) is -0.551. The highest BCUT2D eigenvalue weighted by molar-refractivity contribution is 5.75. The molecular formula is C14H14N2O2. The fourth-order valence-electron chi connectivity index (χ4n) is 2.46. The van der Waals surface area contributed by atoms with Crippen molar-refractivity contribution in [3.63, 3.8) is 0 Å². The molecule has 1 aromatic heterocycles. The summed E-state index contributed by atoms with van der Waals surface area (Å²) in [6.45, 7) is 0.860. The molecule has 92 valence electrons. The van der Waals surface area contributed by atoms with Gasteiger partial charge in [0.15, 0.2) is 0 Å². The van der Waals surface area contributed by atoms with Gasteiger partial charge in [-0.3, -0.25) is 4.79 Å². The number of hydrogen-bond donors (Lipinski definition) is 1. The van der Waals surface area contributed by atoms with Gasteiger partial charge in [0, 0.05) is 18.3 Å². The summed E-state index contributed by atoms with van der Waals surface area (Å²) in [7, 11) is 0. The highest BCUT2D eigenvalue weighted by Crippen LogP contribution is 2.29. The molecule has 0 radical (unpaired) electrons. The lowest BCUT2D eigenvalue weighted by atomic mass is 9.99. The fourth-order valence-corrected chi connectivity index (χ4v) is 2.46. The number of fused-ring (bicyclic) bond motifs is 1. The number of rotatable bonds is 2. The van der Waals surface area contributed by atoms with Crippen LogP contribution in [0.1, 0.15) is 24.6 Å². The van der Waals surface area contributed by atoms with Gasteiger partial charge in [0.25, 0.3) is 0 Å². The normalized spacial score (nSPS) is 18.3. The van der Waals surface area contributed by atoms with Gasteiger partial charge in [0.05, 0.1) is 5.69 Å². The second kappa shape index (κ2) is 4.29. The van der Waals surface area contributed by atoms with Crippen molar-refractivity contribution in [2.75, 3.05) is 0 Å². The summed E-state index contributed by atoms with van der Waals surface area (Å²) >= 11 is 0. The zero-order valence-corrected chi connectivity index (χ0v) is 9.91. The van der Waals surface area contributed by atoms with E-state index in [1.54, 1.807) is 0 Å². The van der Waals surface area contributed by atoms with Gasteiger partial charge in [0.2, 0.25) is 0 Å². The average Bonchev–Trinajstić information content (AvgIpc) is 2.83. The number of carboxylic acids is 1. The summed E-state index contributed by atoms with van der Waals surface area (Å²) in [5, 5.41) is 9.21. The van der Waals surface area contributed by atoms with Crippen molar-refractivity contribution in [2.45, 2.75) is 25.3 Å². The Labute approximate surface area is 105 Å². The molecule has 0 unspecified atom stereocenters. The molecule has 1 aliphatic rings. The summed E-state index contributed by atoms with van der Waals surface area (Å²) < 4.78 is 1.98. The van der Waals surface area contributed by atoms with Gasteiger partial charge in [-0.25, -0.2) is 4.98 Å². The Balaban J connectivity index is 2.04.